The largest absolute Gasteiger partial charge is 0.417 e. The Kier molecular flexibility index (Phi) is 3.64. The average molecular weight is 286 g/mol. The Balaban J connectivity index is 2.57. The van der Waals surface area contributed by atoms with E-state index in [1.165, 1.54) is 23.5 Å². The fourth-order valence-electron chi connectivity index (χ4n) is 1.86. The van der Waals surface area contributed by atoms with Crippen LogP contribution in [0, 0.1) is 6.92 Å². The number of hydrogen-bond acceptors (Lipinski definition) is 3. The number of aryl methyl sites for hydroxylation is 1. The first-order valence-corrected chi connectivity index (χ1v) is 6.52. The number of nitrogens with two attached hydrogens (primary N) is 1. The molecule has 1 heterocycles. The van der Waals surface area contributed by atoms with Crippen molar-refractivity contribution in [3.63, 3.8) is 0 Å². The maximum atomic E-state index is 13.0. The van der Waals surface area contributed by atoms with Crippen LogP contribution < -0.4 is 5.73 Å². The number of thiazole rings is 1. The van der Waals surface area contributed by atoms with Gasteiger partial charge in [-0.3, -0.25) is 0 Å². The van der Waals surface area contributed by atoms with E-state index in [2.05, 4.69) is 4.98 Å². The molecule has 1 aromatic heterocycles. The van der Waals surface area contributed by atoms with Crippen molar-refractivity contribution < 1.29 is 13.2 Å². The number of nitrogens with zero attached hydrogens (tertiary/aromatic N) is 1. The minimum Gasteiger partial charge on any atom is -0.323 e. The van der Waals surface area contributed by atoms with E-state index < -0.39 is 11.7 Å². The lowest BCUT2D eigenvalue weighted by Gasteiger charge is -2.10. The van der Waals surface area contributed by atoms with Crippen LogP contribution in [0.5, 0.6) is 0 Å². The average Bonchev–Trinajstić information content (AvgIpc) is 2.70. The lowest BCUT2D eigenvalue weighted by atomic mass is 10.1. The van der Waals surface area contributed by atoms with Gasteiger partial charge in [-0.25, -0.2) is 4.98 Å². The first-order valence-electron chi connectivity index (χ1n) is 5.70. The van der Waals surface area contributed by atoms with E-state index in [-0.39, 0.29) is 11.6 Å². The van der Waals surface area contributed by atoms with Crippen LogP contribution in [0.25, 0.3) is 10.6 Å². The summed E-state index contributed by atoms with van der Waals surface area (Å²) in [5.74, 6) is 0. The lowest BCUT2D eigenvalue weighted by molar-refractivity contribution is -0.137. The highest BCUT2D eigenvalue weighted by Crippen LogP contribution is 2.39. The van der Waals surface area contributed by atoms with Gasteiger partial charge in [0.1, 0.15) is 5.01 Å². The summed E-state index contributed by atoms with van der Waals surface area (Å²) in [4.78, 5) is 5.03. The zero-order chi connectivity index (χ0) is 14.2. The molecule has 2 rings (SSSR count). The van der Waals surface area contributed by atoms with Gasteiger partial charge in [0.25, 0.3) is 0 Å². The summed E-state index contributed by atoms with van der Waals surface area (Å²) in [7, 11) is 0. The quantitative estimate of drug-likeness (QED) is 0.900. The number of hydrogen-bond donors (Lipinski definition) is 1. The molecule has 2 nitrogen and oxygen atoms in total. The first-order chi connectivity index (χ1) is 8.80. The van der Waals surface area contributed by atoms with E-state index in [1.54, 1.807) is 19.9 Å². The van der Waals surface area contributed by atoms with Crippen molar-refractivity contribution in [2.45, 2.75) is 26.1 Å². The van der Waals surface area contributed by atoms with Crippen LogP contribution in [0.4, 0.5) is 13.2 Å². The molecular formula is C13H13F3N2S. The van der Waals surface area contributed by atoms with E-state index in [0.29, 0.717) is 10.7 Å². The van der Waals surface area contributed by atoms with Gasteiger partial charge in [0, 0.05) is 16.5 Å². The van der Waals surface area contributed by atoms with Crippen molar-refractivity contribution in [2.24, 2.45) is 5.73 Å². The zero-order valence-corrected chi connectivity index (χ0v) is 11.3. The van der Waals surface area contributed by atoms with Crippen LogP contribution in [0.1, 0.15) is 29.1 Å². The van der Waals surface area contributed by atoms with Crippen LogP contribution in [-0.2, 0) is 6.18 Å². The number of alkyl halides is 3. The molecule has 0 saturated heterocycles. The maximum absolute atomic E-state index is 13.0. The summed E-state index contributed by atoms with van der Waals surface area (Å²) in [5.41, 5.74) is 5.90. The van der Waals surface area contributed by atoms with E-state index in [0.717, 1.165) is 10.9 Å². The normalized spacial score (nSPS) is 13.6. The predicted octanol–water partition coefficient (Wildman–Crippen LogP) is 4.16. The topological polar surface area (TPSA) is 38.9 Å². The molecule has 6 heteroatoms. The highest BCUT2D eigenvalue weighted by Gasteiger charge is 2.34. The maximum Gasteiger partial charge on any atom is 0.417 e. The molecule has 0 radical (unpaired) electrons. The SMILES string of the molecule is Cc1nc(-c2ccccc2C(F)(F)F)sc1C(C)N. The highest BCUT2D eigenvalue weighted by molar-refractivity contribution is 7.15. The molecule has 0 fully saturated rings. The van der Waals surface area contributed by atoms with Gasteiger partial charge in [-0.15, -0.1) is 11.3 Å². The third-order valence-corrected chi connectivity index (χ3v) is 4.10. The van der Waals surface area contributed by atoms with Crippen molar-refractivity contribution in [3.05, 3.63) is 40.4 Å². The summed E-state index contributed by atoms with van der Waals surface area (Å²) >= 11 is 1.21. The first kappa shape index (κ1) is 14.0. The van der Waals surface area contributed by atoms with Crippen molar-refractivity contribution in [1.82, 2.24) is 4.98 Å². The van der Waals surface area contributed by atoms with Crippen molar-refractivity contribution in [1.29, 1.82) is 0 Å². The fraction of sp³-hybridized carbons (Fsp3) is 0.308. The Morgan fingerprint density at radius 3 is 2.42 bits per heavy atom. The van der Waals surface area contributed by atoms with Crippen LogP contribution in [0.15, 0.2) is 24.3 Å². The monoisotopic (exact) mass is 286 g/mol. The standard InChI is InChI=1S/C13H13F3N2S/c1-7(17)11-8(2)18-12(19-11)9-5-3-4-6-10(9)13(14,15)16/h3-7H,17H2,1-2H3. The second-order valence-electron chi connectivity index (χ2n) is 4.30. The molecule has 1 atom stereocenters. The number of benzene rings is 1. The molecule has 2 N–H and O–H groups in total. The summed E-state index contributed by atoms with van der Waals surface area (Å²) in [6, 6.07) is 5.22. The molecule has 0 aliphatic carbocycles. The van der Waals surface area contributed by atoms with Crippen LogP contribution in [0.3, 0.4) is 0 Å². The fourth-order valence-corrected chi connectivity index (χ4v) is 2.92. The summed E-state index contributed by atoms with van der Waals surface area (Å²) in [6.07, 6.45) is -4.38. The van der Waals surface area contributed by atoms with Gasteiger partial charge in [-0.05, 0) is 19.9 Å². The van der Waals surface area contributed by atoms with Crippen molar-refractivity contribution in [2.75, 3.05) is 0 Å². The van der Waals surface area contributed by atoms with Gasteiger partial charge >= 0.3 is 6.18 Å². The minimum absolute atomic E-state index is 0.106. The molecule has 0 bridgehead atoms. The Bertz CT molecular complexity index is 588. The molecule has 0 saturated carbocycles. The van der Waals surface area contributed by atoms with Crippen molar-refractivity contribution >= 4 is 11.3 Å². The van der Waals surface area contributed by atoms with Gasteiger partial charge in [-0.1, -0.05) is 18.2 Å². The second kappa shape index (κ2) is 4.94. The Labute approximate surface area is 113 Å². The van der Waals surface area contributed by atoms with E-state index in [9.17, 15) is 13.2 Å². The second-order valence-corrected chi connectivity index (χ2v) is 5.33. The van der Waals surface area contributed by atoms with Crippen LogP contribution >= 0.6 is 11.3 Å². The molecule has 19 heavy (non-hydrogen) atoms. The van der Waals surface area contributed by atoms with E-state index in [4.69, 9.17) is 5.73 Å². The van der Waals surface area contributed by atoms with Gasteiger partial charge < -0.3 is 5.73 Å². The van der Waals surface area contributed by atoms with Gasteiger partial charge in [0.15, 0.2) is 0 Å². The molecule has 0 amide bonds. The number of rotatable bonds is 2. The van der Waals surface area contributed by atoms with Crippen LogP contribution in [-0.4, -0.2) is 4.98 Å². The zero-order valence-electron chi connectivity index (χ0n) is 10.5. The van der Waals surface area contributed by atoms with Crippen LogP contribution in [0.2, 0.25) is 0 Å². The Hall–Kier alpha value is -1.40. The molecule has 102 valence electrons. The summed E-state index contributed by atoms with van der Waals surface area (Å²) in [6.45, 7) is 3.55. The smallest absolute Gasteiger partial charge is 0.323 e. The number of aromatic nitrogens is 1. The Morgan fingerprint density at radius 1 is 1.26 bits per heavy atom. The number of halogens is 3. The highest BCUT2D eigenvalue weighted by atomic mass is 32.1. The third-order valence-electron chi connectivity index (χ3n) is 2.71. The summed E-state index contributed by atoms with van der Waals surface area (Å²) < 4.78 is 38.9. The third kappa shape index (κ3) is 2.79. The van der Waals surface area contributed by atoms with Crippen molar-refractivity contribution in [3.8, 4) is 10.6 Å². The lowest BCUT2D eigenvalue weighted by Crippen LogP contribution is -2.06. The molecule has 0 aliphatic rings. The molecular weight excluding hydrogens is 273 g/mol. The molecule has 2 aromatic rings. The van der Waals surface area contributed by atoms with E-state index in [1.807, 2.05) is 0 Å². The Morgan fingerprint density at radius 2 is 1.89 bits per heavy atom. The van der Waals surface area contributed by atoms with Gasteiger partial charge in [0.2, 0.25) is 0 Å². The van der Waals surface area contributed by atoms with Gasteiger partial charge in [0.05, 0.1) is 11.3 Å². The summed E-state index contributed by atoms with van der Waals surface area (Å²) in [5, 5.41) is 0.359. The molecule has 0 spiro atoms. The van der Waals surface area contributed by atoms with E-state index >= 15 is 0 Å². The minimum atomic E-state index is -4.38. The predicted molar refractivity (Wildman–Crippen MR) is 69.9 cm³/mol. The molecule has 1 unspecified atom stereocenters. The molecule has 1 aromatic carbocycles. The molecule has 0 aliphatic heterocycles. The van der Waals surface area contributed by atoms with Gasteiger partial charge in [-0.2, -0.15) is 13.2 Å².